The summed E-state index contributed by atoms with van der Waals surface area (Å²) in [5.74, 6) is -0.691. The number of hydrogen-bond donors (Lipinski definition) is 2. The molecule has 0 aliphatic carbocycles. The average molecular weight is 243 g/mol. The van der Waals surface area contributed by atoms with Gasteiger partial charge in [-0.25, -0.2) is 0 Å². The summed E-state index contributed by atoms with van der Waals surface area (Å²) in [6.45, 7) is 6.09. The van der Waals surface area contributed by atoms with Crippen LogP contribution in [0.15, 0.2) is 0 Å². The van der Waals surface area contributed by atoms with E-state index in [2.05, 4.69) is 19.2 Å². The van der Waals surface area contributed by atoms with Gasteiger partial charge < -0.3 is 15.2 Å². The first kappa shape index (κ1) is 14.5. The highest BCUT2D eigenvalue weighted by Crippen LogP contribution is 2.23. The fourth-order valence-corrected chi connectivity index (χ4v) is 2.29. The molecule has 1 heterocycles. The molecule has 1 unspecified atom stereocenters. The lowest BCUT2D eigenvalue weighted by molar-refractivity contribution is -0.137. The number of rotatable bonds is 7. The highest BCUT2D eigenvalue weighted by molar-refractivity contribution is 5.66. The van der Waals surface area contributed by atoms with Gasteiger partial charge in [-0.15, -0.1) is 0 Å². The van der Waals surface area contributed by atoms with Crippen molar-refractivity contribution in [3.63, 3.8) is 0 Å². The predicted molar refractivity (Wildman–Crippen MR) is 67.2 cm³/mol. The van der Waals surface area contributed by atoms with Gasteiger partial charge in [0.2, 0.25) is 0 Å². The Morgan fingerprint density at radius 2 is 2.18 bits per heavy atom. The lowest BCUT2D eigenvalue weighted by Gasteiger charge is -2.36. The van der Waals surface area contributed by atoms with Gasteiger partial charge in [-0.2, -0.15) is 0 Å². The molecule has 0 saturated carbocycles. The summed E-state index contributed by atoms with van der Waals surface area (Å²) in [5.41, 5.74) is -0.000770. The molecule has 1 atom stereocenters. The lowest BCUT2D eigenvalue weighted by atomic mass is 9.94. The van der Waals surface area contributed by atoms with Crippen molar-refractivity contribution in [1.29, 1.82) is 0 Å². The number of unbranched alkanes of at least 4 members (excludes halogenated alkanes) is 2. The van der Waals surface area contributed by atoms with Gasteiger partial charge in [-0.05, 0) is 46.1 Å². The number of aliphatic carboxylic acids is 1. The fraction of sp³-hybridized carbons (Fsp3) is 0.923. The van der Waals surface area contributed by atoms with Crippen molar-refractivity contribution in [2.75, 3.05) is 13.2 Å². The number of carbonyl (C=O) groups is 1. The van der Waals surface area contributed by atoms with Crippen LogP contribution in [0.4, 0.5) is 0 Å². The van der Waals surface area contributed by atoms with Crippen molar-refractivity contribution in [2.45, 2.75) is 64.0 Å². The van der Waals surface area contributed by atoms with Crippen molar-refractivity contribution in [1.82, 2.24) is 5.32 Å². The topological polar surface area (TPSA) is 58.6 Å². The molecule has 0 bridgehead atoms. The molecule has 1 fully saturated rings. The molecule has 0 aromatic rings. The van der Waals surface area contributed by atoms with Crippen LogP contribution in [0.5, 0.6) is 0 Å². The molecule has 0 aromatic heterocycles. The summed E-state index contributed by atoms with van der Waals surface area (Å²) in [6, 6.07) is 0.554. The Hall–Kier alpha value is -0.610. The summed E-state index contributed by atoms with van der Waals surface area (Å²) in [5, 5.41) is 12.0. The van der Waals surface area contributed by atoms with Crippen LogP contribution in [0.1, 0.15) is 52.4 Å². The second-order valence-electron chi connectivity index (χ2n) is 5.46. The largest absolute Gasteiger partial charge is 0.481 e. The van der Waals surface area contributed by atoms with E-state index in [4.69, 9.17) is 9.84 Å². The highest BCUT2D eigenvalue weighted by Gasteiger charge is 2.28. The summed E-state index contributed by atoms with van der Waals surface area (Å²) in [4.78, 5) is 10.3. The van der Waals surface area contributed by atoms with Crippen LogP contribution in [-0.4, -0.2) is 35.9 Å². The maximum Gasteiger partial charge on any atom is 0.303 e. The molecule has 100 valence electrons. The third kappa shape index (κ3) is 6.64. The minimum absolute atomic E-state index is 0.000770. The maximum absolute atomic E-state index is 10.3. The monoisotopic (exact) mass is 243 g/mol. The van der Waals surface area contributed by atoms with Crippen molar-refractivity contribution in [2.24, 2.45) is 0 Å². The smallest absolute Gasteiger partial charge is 0.303 e. The van der Waals surface area contributed by atoms with Crippen molar-refractivity contribution in [3.05, 3.63) is 0 Å². The third-order valence-electron chi connectivity index (χ3n) is 3.20. The summed E-state index contributed by atoms with van der Waals surface area (Å²) >= 11 is 0. The minimum atomic E-state index is -0.691. The molecule has 1 saturated heterocycles. The Kier molecular flexibility index (Phi) is 5.92. The van der Waals surface area contributed by atoms with Gasteiger partial charge >= 0.3 is 5.97 Å². The molecule has 1 rings (SSSR count). The normalized spacial score (nSPS) is 23.5. The molecule has 4 heteroatoms. The van der Waals surface area contributed by atoms with Gasteiger partial charge in [-0.1, -0.05) is 6.42 Å². The molecular formula is C13H25NO3. The Morgan fingerprint density at radius 3 is 2.82 bits per heavy atom. The maximum atomic E-state index is 10.3. The molecular weight excluding hydrogens is 218 g/mol. The minimum Gasteiger partial charge on any atom is -0.481 e. The van der Waals surface area contributed by atoms with E-state index in [0.717, 1.165) is 45.3 Å². The van der Waals surface area contributed by atoms with Crippen LogP contribution in [0.25, 0.3) is 0 Å². The first-order valence-electron chi connectivity index (χ1n) is 6.59. The molecule has 1 aliphatic heterocycles. The molecule has 17 heavy (non-hydrogen) atoms. The SMILES string of the molecule is CC1(C)CC(NCCCCCC(=O)O)CCO1. The fourth-order valence-electron chi connectivity index (χ4n) is 2.29. The molecule has 1 aliphatic rings. The quantitative estimate of drug-likeness (QED) is 0.673. The Morgan fingerprint density at radius 1 is 1.41 bits per heavy atom. The Bertz CT molecular complexity index is 241. The van der Waals surface area contributed by atoms with Crippen LogP contribution in [-0.2, 0) is 9.53 Å². The van der Waals surface area contributed by atoms with Crippen LogP contribution in [0, 0.1) is 0 Å². The Balaban J connectivity index is 2.01. The van der Waals surface area contributed by atoms with E-state index in [9.17, 15) is 4.79 Å². The zero-order valence-electron chi connectivity index (χ0n) is 11.0. The second-order valence-corrected chi connectivity index (χ2v) is 5.46. The van der Waals surface area contributed by atoms with E-state index in [1.54, 1.807) is 0 Å². The van der Waals surface area contributed by atoms with Crippen molar-refractivity contribution >= 4 is 5.97 Å². The first-order valence-corrected chi connectivity index (χ1v) is 6.59. The number of ether oxygens (including phenoxy) is 1. The first-order chi connectivity index (χ1) is 7.99. The van der Waals surface area contributed by atoms with E-state index in [-0.39, 0.29) is 5.60 Å². The molecule has 0 amide bonds. The number of hydrogen-bond acceptors (Lipinski definition) is 3. The molecule has 0 spiro atoms. The summed E-state index contributed by atoms with van der Waals surface area (Å²) in [7, 11) is 0. The zero-order valence-corrected chi connectivity index (χ0v) is 11.0. The molecule has 2 N–H and O–H groups in total. The lowest BCUT2D eigenvalue weighted by Crippen LogP contribution is -2.43. The van der Waals surface area contributed by atoms with Gasteiger partial charge in [-0.3, -0.25) is 4.79 Å². The van der Waals surface area contributed by atoms with E-state index in [1.165, 1.54) is 0 Å². The van der Waals surface area contributed by atoms with Crippen LogP contribution in [0.3, 0.4) is 0 Å². The van der Waals surface area contributed by atoms with Gasteiger partial charge in [0.25, 0.3) is 0 Å². The molecule has 0 radical (unpaired) electrons. The standard InChI is InChI=1S/C13H25NO3/c1-13(2)10-11(7-9-17-13)14-8-5-3-4-6-12(15)16/h11,14H,3-10H2,1-2H3,(H,15,16). The number of carboxylic acid groups (broad SMARTS) is 1. The summed E-state index contributed by atoms with van der Waals surface area (Å²) in [6.07, 6.45) is 5.28. The number of carboxylic acids is 1. The van der Waals surface area contributed by atoms with E-state index in [1.807, 2.05) is 0 Å². The predicted octanol–water partition coefficient (Wildman–Crippen LogP) is 2.18. The van der Waals surface area contributed by atoms with Crippen LogP contribution < -0.4 is 5.32 Å². The van der Waals surface area contributed by atoms with Gasteiger partial charge in [0.1, 0.15) is 0 Å². The van der Waals surface area contributed by atoms with Gasteiger partial charge in [0.15, 0.2) is 0 Å². The highest BCUT2D eigenvalue weighted by atomic mass is 16.5. The number of nitrogens with one attached hydrogen (secondary N) is 1. The van der Waals surface area contributed by atoms with Crippen molar-refractivity contribution in [3.8, 4) is 0 Å². The van der Waals surface area contributed by atoms with Gasteiger partial charge in [0.05, 0.1) is 5.60 Å². The van der Waals surface area contributed by atoms with Gasteiger partial charge in [0, 0.05) is 19.1 Å². The second kappa shape index (κ2) is 6.97. The Labute approximate surface area is 104 Å². The third-order valence-corrected chi connectivity index (χ3v) is 3.20. The van der Waals surface area contributed by atoms with E-state index < -0.39 is 5.97 Å². The molecule has 4 nitrogen and oxygen atoms in total. The van der Waals surface area contributed by atoms with Crippen LogP contribution in [0.2, 0.25) is 0 Å². The summed E-state index contributed by atoms with van der Waals surface area (Å²) < 4.78 is 5.66. The van der Waals surface area contributed by atoms with Crippen molar-refractivity contribution < 1.29 is 14.6 Å². The molecule has 0 aromatic carbocycles. The van der Waals surface area contributed by atoms with E-state index in [0.29, 0.717) is 12.5 Å². The van der Waals surface area contributed by atoms with E-state index >= 15 is 0 Å². The zero-order chi connectivity index (χ0) is 12.7. The van der Waals surface area contributed by atoms with Crippen LogP contribution >= 0.6 is 0 Å². The average Bonchev–Trinajstić information content (AvgIpc) is 2.21.